The second-order valence-electron chi connectivity index (χ2n) is 4.47. The van der Waals surface area contributed by atoms with Gasteiger partial charge in [0.05, 0.1) is 4.88 Å². The molecule has 0 aliphatic carbocycles. The highest BCUT2D eigenvalue weighted by atomic mass is 32.1. The lowest BCUT2D eigenvalue weighted by Crippen LogP contribution is -2.17. The molecule has 86 valence electrons. The third-order valence-corrected chi connectivity index (χ3v) is 3.05. The minimum atomic E-state index is -0.923. The lowest BCUT2D eigenvalue weighted by atomic mass is 9.86. The Balaban J connectivity index is 3.12. The Morgan fingerprint density at radius 1 is 1.31 bits per heavy atom. The van der Waals surface area contributed by atoms with Crippen LogP contribution in [0.4, 0.5) is 0 Å². The van der Waals surface area contributed by atoms with Crippen molar-refractivity contribution in [2.45, 2.75) is 20.8 Å². The summed E-state index contributed by atoms with van der Waals surface area (Å²) >= 11 is 1.29. The molecule has 0 saturated carbocycles. The number of carbonyl (C=O) groups excluding carboxylic acids is 1. The molecule has 0 unspecified atom stereocenters. The molecule has 0 fully saturated rings. The minimum Gasteiger partial charge on any atom is -0.478 e. The highest BCUT2D eigenvalue weighted by Gasteiger charge is 2.23. The number of aldehydes is 1. The van der Waals surface area contributed by atoms with E-state index >= 15 is 0 Å². The molecule has 1 heterocycles. The van der Waals surface area contributed by atoms with Crippen molar-refractivity contribution in [2.75, 3.05) is 0 Å². The Bertz CT molecular complexity index is 435. The summed E-state index contributed by atoms with van der Waals surface area (Å²) in [5.74, 6) is -0.923. The number of rotatable bonds is 3. The van der Waals surface area contributed by atoms with E-state index in [0.29, 0.717) is 10.5 Å². The van der Waals surface area contributed by atoms with Crippen LogP contribution in [-0.4, -0.2) is 17.4 Å². The summed E-state index contributed by atoms with van der Waals surface area (Å²) in [4.78, 5) is 23.0. The molecule has 0 spiro atoms. The first kappa shape index (κ1) is 12.6. The fourth-order valence-electron chi connectivity index (χ4n) is 1.25. The first-order valence-corrected chi connectivity index (χ1v) is 5.66. The second kappa shape index (κ2) is 4.61. The van der Waals surface area contributed by atoms with E-state index < -0.39 is 11.4 Å². The van der Waals surface area contributed by atoms with Gasteiger partial charge in [-0.15, -0.1) is 11.3 Å². The maximum absolute atomic E-state index is 11.1. The topological polar surface area (TPSA) is 54.4 Å². The first-order valence-electron chi connectivity index (χ1n) is 4.85. The van der Waals surface area contributed by atoms with Crippen molar-refractivity contribution in [1.82, 2.24) is 0 Å². The normalized spacial score (nSPS) is 12.6. The molecular formula is C12H14O3S. The van der Waals surface area contributed by atoms with Gasteiger partial charge in [-0.25, -0.2) is 4.79 Å². The molecule has 0 amide bonds. The van der Waals surface area contributed by atoms with E-state index in [2.05, 4.69) is 0 Å². The van der Waals surface area contributed by atoms with Gasteiger partial charge in [0.25, 0.3) is 0 Å². The number of carbonyl (C=O) groups is 2. The average molecular weight is 238 g/mol. The number of hydrogen-bond acceptors (Lipinski definition) is 3. The third kappa shape index (κ3) is 3.03. The third-order valence-electron chi connectivity index (χ3n) is 2.09. The molecule has 0 saturated heterocycles. The molecule has 4 heteroatoms. The summed E-state index contributed by atoms with van der Waals surface area (Å²) in [7, 11) is 0. The fraction of sp³-hybridized carbons (Fsp3) is 0.333. The summed E-state index contributed by atoms with van der Waals surface area (Å²) < 4.78 is 0. The van der Waals surface area contributed by atoms with Gasteiger partial charge in [-0.05, 0) is 23.6 Å². The summed E-state index contributed by atoms with van der Waals surface area (Å²) in [6.45, 7) is 5.55. The molecule has 0 aromatic carbocycles. The maximum atomic E-state index is 11.1. The Labute approximate surface area is 98.4 Å². The van der Waals surface area contributed by atoms with Crippen LogP contribution in [0.15, 0.2) is 17.7 Å². The summed E-state index contributed by atoms with van der Waals surface area (Å²) in [5, 5.41) is 9.10. The molecule has 16 heavy (non-hydrogen) atoms. The van der Waals surface area contributed by atoms with Crippen LogP contribution in [0.2, 0.25) is 0 Å². The monoisotopic (exact) mass is 238 g/mol. The zero-order chi connectivity index (χ0) is 12.3. The zero-order valence-electron chi connectivity index (χ0n) is 9.48. The number of carboxylic acid groups (broad SMARTS) is 1. The van der Waals surface area contributed by atoms with Crippen LogP contribution in [0, 0.1) is 5.41 Å². The molecule has 1 rings (SSSR count). The maximum Gasteiger partial charge on any atom is 0.332 e. The van der Waals surface area contributed by atoms with Crippen molar-refractivity contribution >= 4 is 29.7 Å². The van der Waals surface area contributed by atoms with Crippen molar-refractivity contribution in [3.05, 3.63) is 27.5 Å². The largest absolute Gasteiger partial charge is 0.478 e. The predicted octanol–water partition coefficient (Wildman–Crippen LogP) is 3.07. The van der Waals surface area contributed by atoms with Crippen molar-refractivity contribution < 1.29 is 14.7 Å². The van der Waals surface area contributed by atoms with E-state index in [0.717, 1.165) is 11.2 Å². The molecule has 1 aromatic heterocycles. The van der Waals surface area contributed by atoms with Crippen LogP contribution in [0.1, 0.15) is 35.3 Å². The van der Waals surface area contributed by atoms with E-state index in [1.165, 1.54) is 11.3 Å². The van der Waals surface area contributed by atoms with Crippen LogP contribution in [0.5, 0.6) is 0 Å². The molecule has 0 aliphatic heterocycles. The van der Waals surface area contributed by atoms with E-state index in [1.807, 2.05) is 20.8 Å². The highest BCUT2D eigenvalue weighted by Crippen LogP contribution is 2.29. The molecule has 0 bridgehead atoms. The summed E-state index contributed by atoms with van der Waals surface area (Å²) in [6, 6.07) is 3.44. The van der Waals surface area contributed by atoms with Gasteiger partial charge in [-0.2, -0.15) is 0 Å². The summed E-state index contributed by atoms with van der Waals surface area (Å²) in [5.41, 5.74) is -0.0798. The van der Waals surface area contributed by atoms with Crippen LogP contribution >= 0.6 is 11.3 Å². The van der Waals surface area contributed by atoms with Crippen molar-refractivity contribution in [2.24, 2.45) is 5.41 Å². The summed E-state index contributed by atoms with van der Waals surface area (Å²) in [6.07, 6.45) is 2.39. The van der Waals surface area contributed by atoms with Crippen molar-refractivity contribution in [3.8, 4) is 0 Å². The molecule has 1 aromatic rings. The average Bonchev–Trinajstić information content (AvgIpc) is 2.59. The van der Waals surface area contributed by atoms with Gasteiger partial charge in [0.2, 0.25) is 0 Å². The van der Waals surface area contributed by atoms with Gasteiger partial charge in [0, 0.05) is 10.5 Å². The fourth-order valence-corrected chi connectivity index (χ4v) is 2.02. The SMILES string of the molecule is CC(C)(C)/C(=C\c1ccc(C=O)s1)C(=O)O. The molecule has 1 N–H and O–H groups in total. The standard InChI is InChI=1S/C12H14O3S/c1-12(2,3)10(11(14)15)6-8-4-5-9(7-13)16-8/h4-7H,1-3H3,(H,14,15)/b10-6-. The molecular weight excluding hydrogens is 224 g/mol. The van der Waals surface area contributed by atoms with Gasteiger partial charge in [-0.3, -0.25) is 4.79 Å². The molecule has 3 nitrogen and oxygen atoms in total. The quantitative estimate of drug-likeness (QED) is 0.650. The second-order valence-corrected chi connectivity index (χ2v) is 5.62. The van der Waals surface area contributed by atoms with Gasteiger partial charge in [0.15, 0.2) is 6.29 Å². The number of hydrogen-bond donors (Lipinski definition) is 1. The lowest BCUT2D eigenvalue weighted by Gasteiger charge is -2.18. The number of thiophene rings is 1. The van der Waals surface area contributed by atoms with E-state index in [4.69, 9.17) is 5.11 Å². The van der Waals surface area contributed by atoms with Crippen molar-refractivity contribution in [3.63, 3.8) is 0 Å². The van der Waals surface area contributed by atoms with Crippen LogP contribution in [0.3, 0.4) is 0 Å². The predicted molar refractivity (Wildman–Crippen MR) is 64.8 cm³/mol. The minimum absolute atomic E-state index is 0.340. The van der Waals surface area contributed by atoms with Crippen LogP contribution < -0.4 is 0 Å². The molecule has 0 aliphatic rings. The Kier molecular flexibility index (Phi) is 3.65. The Morgan fingerprint density at radius 2 is 1.88 bits per heavy atom. The lowest BCUT2D eigenvalue weighted by molar-refractivity contribution is -0.133. The van der Waals surface area contributed by atoms with E-state index in [9.17, 15) is 9.59 Å². The van der Waals surface area contributed by atoms with Gasteiger partial charge >= 0.3 is 5.97 Å². The van der Waals surface area contributed by atoms with E-state index in [-0.39, 0.29) is 0 Å². The van der Waals surface area contributed by atoms with Gasteiger partial charge in [-0.1, -0.05) is 20.8 Å². The van der Waals surface area contributed by atoms with Gasteiger partial charge < -0.3 is 5.11 Å². The van der Waals surface area contributed by atoms with Crippen LogP contribution in [0.25, 0.3) is 6.08 Å². The van der Waals surface area contributed by atoms with Crippen molar-refractivity contribution in [1.29, 1.82) is 0 Å². The zero-order valence-corrected chi connectivity index (χ0v) is 10.3. The van der Waals surface area contributed by atoms with Crippen LogP contribution in [-0.2, 0) is 4.79 Å². The first-order chi connectivity index (χ1) is 7.34. The number of carboxylic acids is 1. The van der Waals surface area contributed by atoms with Gasteiger partial charge in [0.1, 0.15) is 0 Å². The van der Waals surface area contributed by atoms with E-state index in [1.54, 1.807) is 18.2 Å². The molecule has 0 atom stereocenters. The smallest absolute Gasteiger partial charge is 0.332 e. The number of aliphatic carboxylic acids is 1. The molecule has 0 radical (unpaired) electrons. The Morgan fingerprint density at radius 3 is 2.25 bits per heavy atom. The highest BCUT2D eigenvalue weighted by molar-refractivity contribution is 7.14. The Hall–Kier alpha value is -1.42.